The van der Waals surface area contributed by atoms with Crippen LogP contribution in [0.2, 0.25) is 0 Å². The third-order valence-electron chi connectivity index (χ3n) is 10.4. The van der Waals surface area contributed by atoms with Crippen LogP contribution in [0, 0.1) is 0 Å². The molecule has 1 aliphatic rings. The molecule has 0 unspecified atom stereocenters. The fourth-order valence-corrected chi connectivity index (χ4v) is 7.78. The van der Waals surface area contributed by atoms with Gasteiger partial charge in [-0.15, -0.1) is 0 Å². The van der Waals surface area contributed by atoms with Crippen molar-refractivity contribution in [1.29, 1.82) is 0 Å². The summed E-state index contributed by atoms with van der Waals surface area (Å²) in [5.74, 6) is 1.57. The lowest BCUT2D eigenvalue weighted by atomic mass is 9.98. The van der Waals surface area contributed by atoms with E-state index in [2.05, 4.69) is 126 Å². The predicted molar refractivity (Wildman–Crippen MR) is 232 cm³/mol. The van der Waals surface area contributed by atoms with Crippen molar-refractivity contribution in [2.75, 3.05) is 4.90 Å². The zero-order chi connectivity index (χ0) is 37.4. The van der Waals surface area contributed by atoms with Gasteiger partial charge in [-0.25, -0.2) is 0 Å². The van der Waals surface area contributed by atoms with Crippen LogP contribution in [0.5, 0.6) is 11.5 Å². The van der Waals surface area contributed by atoms with Crippen LogP contribution in [-0.2, 0) is 6.54 Å². The van der Waals surface area contributed by atoms with Gasteiger partial charge in [0.2, 0.25) is 0 Å². The molecule has 1 aromatic heterocycles. The third-order valence-corrected chi connectivity index (χ3v) is 10.4. The molecule has 10 rings (SSSR count). The number of anilines is 3. The number of hydrogen-bond acceptors (Lipinski definition) is 5. The zero-order valence-corrected chi connectivity index (χ0v) is 30.5. The van der Waals surface area contributed by atoms with Gasteiger partial charge >= 0.3 is 0 Å². The van der Waals surface area contributed by atoms with E-state index >= 15 is 0 Å². The van der Waals surface area contributed by atoms with Gasteiger partial charge in [0.25, 0.3) is 0 Å². The van der Waals surface area contributed by atoms with Gasteiger partial charge in [-0.05, 0) is 76.8 Å². The monoisotopic (exact) mass is 721 g/mol. The minimum atomic E-state index is 0.495. The Morgan fingerprint density at radius 2 is 1.27 bits per heavy atom. The maximum atomic E-state index is 6.78. The Kier molecular flexibility index (Phi) is 8.30. The van der Waals surface area contributed by atoms with E-state index in [0.717, 1.165) is 100 Å². The highest BCUT2D eigenvalue weighted by molar-refractivity contribution is 6.26. The summed E-state index contributed by atoms with van der Waals surface area (Å²) in [6, 6.07) is 62.5. The second-order valence-corrected chi connectivity index (χ2v) is 13.8. The number of benzene rings is 8. The fraction of sp³-hybridized carbons (Fsp3) is 0.0196. The van der Waals surface area contributed by atoms with E-state index in [4.69, 9.17) is 14.1 Å². The lowest BCUT2D eigenvalue weighted by molar-refractivity contribution is 0.482. The Hall–Kier alpha value is -7.50. The normalized spacial score (nSPS) is 12.8. The highest BCUT2D eigenvalue weighted by atomic mass is 16.5. The molecule has 56 heavy (non-hydrogen) atoms. The largest absolute Gasteiger partial charge is 0.454 e. The molecule has 5 nitrogen and oxygen atoms in total. The van der Waals surface area contributed by atoms with Gasteiger partial charge in [0, 0.05) is 27.4 Å². The molecule has 0 radical (unpaired) electrons. The van der Waals surface area contributed by atoms with Crippen molar-refractivity contribution in [2.24, 2.45) is 9.98 Å². The van der Waals surface area contributed by atoms with Gasteiger partial charge in [-0.2, -0.15) is 0 Å². The van der Waals surface area contributed by atoms with Crippen molar-refractivity contribution in [3.63, 3.8) is 0 Å². The number of aliphatic imine (C=N–C) groups is 2. The summed E-state index contributed by atoms with van der Waals surface area (Å²) < 4.78 is 13.5. The maximum absolute atomic E-state index is 6.78. The molecule has 0 spiro atoms. The molecule has 0 fully saturated rings. The number of furan rings is 1. The number of ether oxygens (including phenoxy) is 1. The fourth-order valence-electron chi connectivity index (χ4n) is 7.78. The first-order valence-corrected chi connectivity index (χ1v) is 18.7. The minimum absolute atomic E-state index is 0.495. The van der Waals surface area contributed by atoms with Crippen LogP contribution >= 0.6 is 0 Å². The number of para-hydroxylation sites is 3. The summed E-state index contributed by atoms with van der Waals surface area (Å²) in [5.41, 5.74) is 11.4. The number of hydrogen-bond donors (Lipinski definition) is 0. The molecular weight excluding hydrogens is 687 g/mol. The average molecular weight is 722 g/mol. The SMILES string of the molecule is C=N/C(=C\C(=NCc1cccc(-c2cccc(N3c4ccccc4Oc4c3c3oc5ccccc5c3c3ccccc43)c2)c1)c1ccccc1)c1ccccc1. The van der Waals surface area contributed by atoms with Crippen molar-refractivity contribution in [2.45, 2.75) is 6.54 Å². The van der Waals surface area contributed by atoms with E-state index in [-0.39, 0.29) is 0 Å². The van der Waals surface area contributed by atoms with Gasteiger partial charge in [-0.1, -0.05) is 146 Å². The molecule has 0 atom stereocenters. The van der Waals surface area contributed by atoms with Gasteiger partial charge < -0.3 is 14.1 Å². The van der Waals surface area contributed by atoms with Gasteiger partial charge in [0.15, 0.2) is 17.1 Å². The summed E-state index contributed by atoms with van der Waals surface area (Å²) in [6.07, 6.45) is 2.02. The topological polar surface area (TPSA) is 50.3 Å². The van der Waals surface area contributed by atoms with Gasteiger partial charge in [0.1, 0.15) is 11.3 Å². The number of nitrogens with zero attached hydrogens (tertiary/aromatic N) is 3. The summed E-state index contributed by atoms with van der Waals surface area (Å²) in [4.78, 5) is 11.8. The first-order valence-electron chi connectivity index (χ1n) is 18.7. The van der Waals surface area contributed by atoms with Crippen molar-refractivity contribution >= 4 is 67.9 Å². The van der Waals surface area contributed by atoms with E-state index in [9.17, 15) is 0 Å². The molecule has 0 aliphatic carbocycles. The zero-order valence-electron chi connectivity index (χ0n) is 30.5. The van der Waals surface area contributed by atoms with Crippen LogP contribution in [0.4, 0.5) is 17.1 Å². The van der Waals surface area contributed by atoms with E-state index in [1.165, 1.54) is 0 Å². The van der Waals surface area contributed by atoms with Crippen LogP contribution in [0.15, 0.2) is 202 Å². The molecule has 0 N–H and O–H groups in total. The number of rotatable bonds is 8. The van der Waals surface area contributed by atoms with E-state index in [0.29, 0.717) is 6.54 Å². The third kappa shape index (κ3) is 5.83. The van der Waals surface area contributed by atoms with Crippen molar-refractivity contribution in [3.05, 3.63) is 205 Å². The van der Waals surface area contributed by atoms with E-state index in [1.54, 1.807) is 0 Å². The smallest absolute Gasteiger partial charge is 0.163 e. The number of allylic oxidation sites excluding steroid dienone is 1. The highest BCUT2D eigenvalue weighted by Crippen LogP contribution is 2.57. The molecule has 0 amide bonds. The van der Waals surface area contributed by atoms with Gasteiger partial charge in [-0.3, -0.25) is 9.98 Å². The predicted octanol–water partition coefficient (Wildman–Crippen LogP) is 13.7. The van der Waals surface area contributed by atoms with Crippen LogP contribution in [-0.4, -0.2) is 12.4 Å². The van der Waals surface area contributed by atoms with Crippen LogP contribution < -0.4 is 9.64 Å². The average Bonchev–Trinajstić information content (AvgIpc) is 3.67. The van der Waals surface area contributed by atoms with Crippen molar-refractivity contribution in [3.8, 4) is 22.6 Å². The summed E-state index contributed by atoms with van der Waals surface area (Å²) in [7, 11) is 0. The molecule has 0 saturated heterocycles. The molecule has 0 bridgehead atoms. The first kappa shape index (κ1) is 33.1. The van der Waals surface area contributed by atoms with Crippen molar-refractivity contribution in [1.82, 2.24) is 0 Å². The second-order valence-electron chi connectivity index (χ2n) is 13.8. The molecule has 266 valence electrons. The minimum Gasteiger partial charge on any atom is -0.454 e. The lowest BCUT2D eigenvalue weighted by Crippen LogP contribution is -2.16. The van der Waals surface area contributed by atoms with E-state index in [1.807, 2.05) is 78.9 Å². The molecular formula is C51H35N3O2. The molecule has 2 heterocycles. The summed E-state index contributed by atoms with van der Waals surface area (Å²) >= 11 is 0. The molecule has 1 aliphatic heterocycles. The molecule has 0 saturated carbocycles. The van der Waals surface area contributed by atoms with Crippen LogP contribution in [0.3, 0.4) is 0 Å². The Morgan fingerprint density at radius 3 is 2.07 bits per heavy atom. The van der Waals surface area contributed by atoms with E-state index < -0.39 is 0 Å². The second kappa shape index (κ2) is 14.0. The molecule has 5 heteroatoms. The quantitative estimate of drug-likeness (QED) is 0.147. The van der Waals surface area contributed by atoms with Gasteiger partial charge in [0.05, 0.1) is 23.6 Å². The highest BCUT2D eigenvalue weighted by Gasteiger charge is 2.32. The Balaban J connectivity index is 1.07. The van der Waals surface area contributed by atoms with Crippen molar-refractivity contribution < 1.29 is 9.15 Å². The van der Waals surface area contributed by atoms with Crippen LogP contribution in [0.25, 0.3) is 49.5 Å². The molecule has 9 aromatic rings. The lowest BCUT2D eigenvalue weighted by Gasteiger charge is -2.33. The maximum Gasteiger partial charge on any atom is 0.163 e. The number of fused-ring (bicyclic) bond motifs is 9. The van der Waals surface area contributed by atoms with Crippen LogP contribution in [0.1, 0.15) is 16.7 Å². The Labute approximate surface area is 324 Å². The molecule has 8 aromatic carbocycles. The summed E-state index contributed by atoms with van der Waals surface area (Å²) in [6.45, 7) is 4.36. The Bertz CT molecular complexity index is 3000. The first-order chi connectivity index (χ1) is 27.7. The standard InChI is InChI=1S/C51H35N3O2/c1-52-43(35-17-4-2-5-18-35)32-44(36-19-6-3-7-20-36)53-33-34-16-14-21-37(30-34)38-22-15-23-39(31-38)54-45-27-11-13-29-47(45)56-50-41-25-9-8-24-40(41)48-42-26-10-12-28-46(42)55-51(48)49(50)54/h2-32H,1,33H2/b43-32-,53-44?. The summed E-state index contributed by atoms with van der Waals surface area (Å²) in [5, 5.41) is 4.30. The Morgan fingerprint density at radius 1 is 0.607 bits per heavy atom.